The summed E-state index contributed by atoms with van der Waals surface area (Å²) in [6, 6.07) is 4.67. The fourth-order valence-corrected chi connectivity index (χ4v) is 2.36. The molecule has 1 amide bonds. The van der Waals surface area contributed by atoms with Gasteiger partial charge >= 0.3 is 0 Å². The summed E-state index contributed by atoms with van der Waals surface area (Å²) in [6.07, 6.45) is 1.51. The van der Waals surface area contributed by atoms with Crippen LogP contribution in [0.5, 0.6) is 0 Å². The maximum atomic E-state index is 12.0. The van der Waals surface area contributed by atoms with E-state index < -0.39 is 5.91 Å². The highest BCUT2D eigenvalue weighted by molar-refractivity contribution is 9.13. The van der Waals surface area contributed by atoms with Crippen molar-refractivity contribution in [1.29, 1.82) is 0 Å². The number of carbonyl (C=O) groups is 1. The second-order valence-corrected chi connectivity index (χ2v) is 5.99. The van der Waals surface area contributed by atoms with E-state index in [0.717, 1.165) is 0 Å². The standard InChI is InChI=1S/C12H8Br2ClN3O2/c13-8-4-17-18(12(20)10(8)14)5-7-2-1-6(11(16)19)3-9(7)15/h1-4H,5H2,(H2,16,19). The molecule has 0 atom stereocenters. The van der Waals surface area contributed by atoms with Gasteiger partial charge in [-0.2, -0.15) is 5.10 Å². The molecule has 0 saturated heterocycles. The average molecular weight is 421 g/mol. The summed E-state index contributed by atoms with van der Waals surface area (Å²) >= 11 is 12.5. The number of aromatic nitrogens is 2. The first-order valence-corrected chi connectivity index (χ1v) is 7.36. The van der Waals surface area contributed by atoms with Gasteiger partial charge in [-0.15, -0.1) is 0 Å². The molecule has 20 heavy (non-hydrogen) atoms. The Labute approximate surface area is 136 Å². The lowest BCUT2D eigenvalue weighted by Gasteiger charge is -2.08. The number of carbonyl (C=O) groups excluding carboxylic acids is 1. The second-order valence-electron chi connectivity index (χ2n) is 3.94. The molecule has 1 aromatic heterocycles. The summed E-state index contributed by atoms with van der Waals surface area (Å²) in [6.45, 7) is 0.197. The number of hydrogen-bond donors (Lipinski definition) is 1. The Morgan fingerprint density at radius 2 is 2.10 bits per heavy atom. The Balaban J connectivity index is 2.38. The zero-order valence-corrected chi connectivity index (χ0v) is 13.9. The van der Waals surface area contributed by atoms with Crippen molar-refractivity contribution in [3.05, 3.63) is 59.8 Å². The van der Waals surface area contributed by atoms with E-state index in [9.17, 15) is 9.59 Å². The maximum absolute atomic E-state index is 12.0. The van der Waals surface area contributed by atoms with E-state index >= 15 is 0 Å². The fourth-order valence-electron chi connectivity index (χ4n) is 1.55. The zero-order valence-electron chi connectivity index (χ0n) is 9.94. The van der Waals surface area contributed by atoms with Gasteiger partial charge in [-0.1, -0.05) is 17.7 Å². The lowest BCUT2D eigenvalue weighted by molar-refractivity contribution is 0.100. The van der Waals surface area contributed by atoms with Crippen LogP contribution in [0.25, 0.3) is 0 Å². The summed E-state index contributed by atoms with van der Waals surface area (Å²) in [7, 11) is 0. The van der Waals surface area contributed by atoms with Crippen LogP contribution in [0.15, 0.2) is 38.1 Å². The zero-order chi connectivity index (χ0) is 14.9. The number of rotatable bonds is 3. The predicted molar refractivity (Wildman–Crippen MR) is 83.0 cm³/mol. The van der Waals surface area contributed by atoms with E-state index in [4.69, 9.17) is 17.3 Å². The van der Waals surface area contributed by atoms with Gasteiger partial charge in [-0.3, -0.25) is 9.59 Å². The van der Waals surface area contributed by atoms with Crippen LogP contribution in [0.1, 0.15) is 15.9 Å². The summed E-state index contributed by atoms with van der Waals surface area (Å²) in [4.78, 5) is 23.0. The molecule has 2 aromatic rings. The molecule has 0 fully saturated rings. The lowest BCUT2D eigenvalue weighted by atomic mass is 10.1. The van der Waals surface area contributed by atoms with Crippen LogP contribution in [0.4, 0.5) is 0 Å². The summed E-state index contributed by atoms with van der Waals surface area (Å²) in [5, 5.41) is 4.37. The number of primary amides is 1. The van der Waals surface area contributed by atoms with Gasteiger partial charge < -0.3 is 5.73 Å². The van der Waals surface area contributed by atoms with Crippen molar-refractivity contribution in [1.82, 2.24) is 9.78 Å². The first-order valence-electron chi connectivity index (χ1n) is 5.39. The van der Waals surface area contributed by atoms with E-state index in [-0.39, 0.29) is 12.1 Å². The largest absolute Gasteiger partial charge is 0.366 e. The molecule has 0 aliphatic carbocycles. The fraction of sp³-hybridized carbons (Fsp3) is 0.0833. The van der Waals surface area contributed by atoms with Crippen LogP contribution < -0.4 is 11.3 Å². The van der Waals surface area contributed by atoms with E-state index in [1.165, 1.54) is 16.9 Å². The van der Waals surface area contributed by atoms with Gasteiger partial charge in [0.25, 0.3) is 5.56 Å². The van der Waals surface area contributed by atoms with E-state index in [1.807, 2.05) is 0 Å². The van der Waals surface area contributed by atoms with Crippen molar-refractivity contribution in [3.63, 3.8) is 0 Å². The number of benzene rings is 1. The van der Waals surface area contributed by atoms with Gasteiger partial charge in [0.15, 0.2) is 0 Å². The molecule has 0 saturated carbocycles. The summed E-state index contributed by atoms with van der Waals surface area (Å²) < 4.78 is 2.23. The van der Waals surface area contributed by atoms with Crippen LogP contribution in [0.2, 0.25) is 5.02 Å². The molecule has 0 bridgehead atoms. The third kappa shape index (κ3) is 3.11. The van der Waals surface area contributed by atoms with Crippen LogP contribution in [-0.2, 0) is 6.54 Å². The van der Waals surface area contributed by atoms with Crippen molar-refractivity contribution in [2.45, 2.75) is 6.54 Å². The SMILES string of the molecule is NC(=O)c1ccc(Cn2ncc(Br)c(Br)c2=O)c(Cl)c1. The van der Waals surface area contributed by atoms with Crippen LogP contribution in [0.3, 0.4) is 0 Å². The number of hydrogen-bond acceptors (Lipinski definition) is 3. The Morgan fingerprint density at radius 1 is 1.40 bits per heavy atom. The molecule has 0 aliphatic rings. The normalized spacial score (nSPS) is 10.6. The molecule has 2 N–H and O–H groups in total. The molecular formula is C12H8Br2ClN3O2. The number of nitrogens with two attached hydrogens (primary N) is 1. The van der Waals surface area contributed by atoms with Crippen molar-refractivity contribution in [2.24, 2.45) is 5.73 Å². The van der Waals surface area contributed by atoms with Crippen molar-refractivity contribution >= 4 is 49.4 Å². The lowest BCUT2D eigenvalue weighted by Crippen LogP contribution is -2.24. The first-order chi connectivity index (χ1) is 9.40. The monoisotopic (exact) mass is 419 g/mol. The number of halogens is 3. The van der Waals surface area contributed by atoms with Gasteiger partial charge in [-0.05, 0) is 49.6 Å². The molecule has 0 radical (unpaired) electrons. The van der Waals surface area contributed by atoms with E-state index in [0.29, 0.717) is 25.1 Å². The summed E-state index contributed by atoms with van der Waals surface area (Å²) in [5.41, 5.74) is 5.87. The Kier molecular flexibility index (Phi) is 4.62. The first kappa shape index (κ1) is 15.2. The van der Waals surface area contributed by atoms with Crippen LogP contribution in [0, 0.1) is 0 Å². The van der Waals surface area contributed by atoms with E-state index in [2.05, 4.69) is 37.0 Å². The van der Waals surface area contributed by atoms with Crippen molar-refractivity contribution in [2.75, 3.05) is 0 Å². The van der Waals surface area contributed by atoms with Crippen molar-refractivity contribution < 1.29 is 4.79 Å². The molecule has 8 heteroatoms. The molecule has 0 aliphatic heterocycles. The molecule has 2 rings (SSSR count). The minimum atomic E-state index is -0.555. The van der Waals surface area contributed by atoms with Gasteiger partial charge in [0.1, 0.15) is 4.47 Å². The van der Waals surface area contributed by atoms with Gasteiger partial charge in [0.05, 0.1) is 17.2 Å². The molecule has 1 aromatic carbocycles. The molecular weight excluding hydrogens is 413 g/mol. The predicted octanol–water partition coefficient (Wildman–Crippen LogP) is 2.57. The molecule has 0 unspecified atom stereocenters. The average Bonchev–Trinajstić information content (AvgIpc) is 2.41. The molecule has 104 valence electrons. The highest BCUT2D eigenvalue weighted by atomic mass is 79.9. The quantitative estimate of drug-likeness (QED) is 0.828. The minimum Gasteiger partial charge on any atom is -0.366 e. The van der Waals surface area contributed by atoms with Gasteiger partial charge in [-0.25, -0.2) is 4.68 Å². The molecule has 1 heterocycles. The highest BCUT2D eigenvalue weighted by Crippen LogP contribution is 2.20. The third-order valence-corrected chi connectivity index (χ3v) is 4.85. The second kappa shape index (κ2) is 6.07. The minimum absolute atomic E-state index is 0.197. The topological polar surface area (TPSA) is 78.0 Å². The summed E-state index contributed by atoms with van der Waals surface area (Å²) in [5.74, 6) is -0.555. The van der Waals surface area contributed by atoms with Crippen LogP contribution >= 0.6 is 43.5 Å². The van der Waals surface area contributed by atoms with Gasteiger partial charge in [0.2, 0.25) is 5.91 Å². The van der Waals surface area contributed by atoms with E-state index in [1.54, 1.807) is 12.1 Å². The molecule has 5 nitrogen and oxygen atoms in total. The maximum Gasteiger partial charge on any atom is 0.282 e. The van der Waals surface area contributed by atoms with Crippen LogP contribution in [-0.4, -0.2) is 15.7 Å². The smallest absolute Gasteiger partial charge is 0.282 e. The Hall–Kier alpha value is -1.18. The number of nitrogens with zero attached hydrogens (tertiary/aromatic N) is 2. The molecule has 0 spiro atoms. The number of amides is 1. The van der Waals surface area contributed by atoms with Crippen molar-refractivity contribution in [3.8, 4) is 0 Å². The third-order valence-electron chi connectivity index (χ3n) is 2.60. The van der Waals surface area contributed by atoms with Gasteiger partial charge in [0, 0.05) is 10.6 Å². The Bertz CT molecular complexity index is 746. The highest BCUT2D eigenvalue weighted by Gasteiger charge is 2.10. The Morgan fingerprint density at radius 3 is 2.70 bits per heavy atom.